The van der Waals surface area contributed by atoms with Gasteiger partial charge in [0.1, 0.15) is 12.4 Å². The lowest BCUT2D eigenvalue weighted by Gasteiger charge is -2.32. The van der Waals surface area contributed by atoms with Gasteiger partial charge in [0.25, 0.3) is 0 Å². The molecule has 0 radical (unpaired) electrons. The highest BCUT2D eigenvalue weighted by molar-refractivity contribution is 5.39. The third kappa shape index (κ3) is 4.53. The molecule has 1 saturated heterocycles. The number of rotatable bonds is 4. The predicted octanol–water partition coefficient (Wildman–Crippen LogP) is 1.10. The van der Waals surface area contributed by atoms with Gasteiger partial charge in [0.05, 0.1) is 19.8 Å². The molecule has 0 spiro atoms. The summed E-state index contributed by atoms with van der Waals surface area (Å²) in [5, 5.41) is 0. The molecule has 0 bridgehead atoms. The molecule has 1 aromatic rings. The second-order valence-electron chi connectivity index (χ2n) is 4.84. The van der Waals surface area contributed by atoms with Gasteiger partial charge in [0.15, 0.2) is 0 Å². The number of benzene rings is 1. The number of nitrogens with zero attached hydrogens (tertiary/aromatic N) is 1. The molecule has 4 nitrogen and oxygen atoms in total. The van der Waals surface area contributed by atoms with Gasteiger partial charge in [-0.15, -0.1) is 0 Å². The third-order valence-corrected chi connectivity index (χ3v) is 3.32. The van der Waals surface area contributed by atoms with E-state index in [9.17, 15) is 0 Å². The van der Waals surface area contributed by atoms with Crippen molar-refractivity contribution in [1.29, 1.82) is 0 Å². The summed E-state index contributed by atoms with van der Waals surface area (Å²) in [5.74, 6) is 6.71. The molecule has 2 rings (SSSR count). The fourth-order valence-corrected chi connectivity index (χ4v) is 2.19. The molecule has 1 heterocycles. The Hall–Kier alpha value is -1.54. The lowest BCUT2D eigenvalue weighted by molar-refractivity contribution is -0.00514. The predicted molar refractivity (Wildman–Crippen MR) is 79.7 cm³/mol. The molecule has 0 saturated carbocycles. The summed E-state index contributed by atoms with van der Waals surface area (Å²) in [6.45, 7) is 6.76. The average molecular weight is 274 g/mol. The summed E-state index contributed by atoms with van der Waals surface area (Å²) in [5.41, 5.74) is 6.31. The van der Waals surface area contributed by atoms with Gasteiger partial charge in [-0.1, -0.05) is 17.9 Å². The number of ether oxygens (including phenoxy) is 2. The third-order valence-electron chi connectivity index (χ3n) is 3.32. The van der Waals surface area contributed by atoms with Crippen molar-refractivity contribution < 1.29 is 9.47 Å². The van der Waals surface area contributed by atoms with E-state index >= 15 is 0 Å². The Bertz CT molecular complexity index is 479. The van der Waals surface area contributed by atoms with Gasteiger partial charge in [-0.3, -0.25) is 4.90 Å². The van der Waals surface area contributed by atoms with E-state index in [-0.39, 0.29) is 0 Å². The summed E-state index contributed by atoms with van der Waals surface area (Å²) in [7, 11) is 0. The van der Waals surface area contributed by atoms with Gasteiger partial charge in [-0.2, -0.15) is 0 Å². The van der Waals surface area contributed by atoms with E-state index in [1.165, 1.54) is 0 Å². The maximum Gasteiger partial charge on any atom is 0.120 e. The highest BCUT2D eigenvalue weighted by Gasteiger charge is 2.17. The fourth-order valence-electron chi connectivity index (χ4n) is 2.19. The molecule has 0 aliphatic carbocycles. The number of hydrogen-bond donors (Lipinski definition) is 1. The molecule has 1 fully saturated rings. The van der Waals surface area contributed by atoms with Crippen LogP contribution in [0.2, 0.25) is 0 Å². The van der Waals surface area contributed by atoms with Gasteiger partial charge in [0.2, 0.25) is 0 Å². The normalized spacial score (nSPS) is 19.2. The van der Waals surface area contributed by atoms with Gasteiger partial charge in [-0.25, -0.2) is 0 Å². The monoisotopic (exact) mass is 274 g/mol. The van der Waals surface area contributed by atoms with Gasteiger partial charge >= 0.3 is 0 Å². The van der Waals surface area contributed by atoms with Gasteiger partial charge in [0, 0.05) is 24.7 Å². The molecule has 1 unspecified atom stereocenters. The van der Waals surface area contributed by atoms with Crippen LogP contribution in [0.5, 0.6) is 5.75 Å². The van der Waals surface area contributed by atoms with Crippen molar-refractivity contribution in [2.75, 3.05) is 39.5 Å². The van der Waals surface area contributed by atoms with E-state index in [2.05, 4.69) is 23.7 Å². The van der Waals surface area contributed by atoms with Crippen LogP contribution in [0.3, 0.4) is 0 Å². The first-order chi connectivity index (χ1) is 9.79. The standard InChI is InChI=1S/C16H22N2O2/c1-14-13-19-10-8-18(14)9-11-20-16-6-2-4-15(12-16)5-3-7-17/h2,4,6,12,14H,7-11,13,17H2,1H3. The van der Waals surface area contributed by atoms with Crippen LogP contribution in [-0.2, 0) is 4.74 Å². The lowest BCUT2D eigenvalue weighted by Crippen LogP contribution is -2.45. The van der Waals surface area contributed by atoms with E-state index in [0.717, 1.165) is 37.6 Å². The molecular formula is C16H22N2O2. The van der Waals surface area contributed by atoms with Crippen LogP contribution in [0.4, 0.5) is 0 Å². The molecular weight excluding hydrogens is 252 g/mol. The fraction of sp³-hybridized carbons (Fsp3) is 0.500. The first-order valence-corrected chi connectivity index (χ1v) is 7.03. The summed E-state index contributed by atoms with van der Waals surface area (Å²) >= 11 is 0. The van der Waals surface area contributed by atoms with Crippen molar-refractivity contribution in [3.63, 3.8) is 0 Å². The Morgan fingerprint density at radius 1 is 1.50 bits per heavy atom. The van der Waals surface area contributed by atoms with Crippen LogP contribution in [0, 0.1) is 11.8 Å². The summed E-state index contributed by atoms with van der Waals surface area (Å²) in [4.78, 5) is 2.39. The minimum Gasteiger partial charge on any atom is -0.492 e. The Morgan fingerprint density at radius 2 is 2.40 bits per heavy atom. The first kappa shape index (κ1) is 14.9. The molecule has 4 heteroatoms. The Labute approximate surface area is 120 Å². The largest absolute Gasteiger partial charge is 0.492 e. The van der Waals surface area contributed by atoms with Crippen molar-refractivity contribution in [2.45, 2.75) is 13.0 Å². The molecule has 20 heavy (non-hydrogen) atoms. The molecule has 1 aliphatic heterocycles. The smallest absolute Gasteiger partial charge is 0.120 e. The Morgan fingerprint density at radius 3 is 3.20 bits per heavy atom. The molecule has 2 N–H and O–H groups in total. The zero-order chi connectivity index (χ0) is 14.2. The van der Waals surface area contributed by atoms with Crippen molar-refractivity contribution in [1.82, 2.24) is 4.90 Å². The van der Waals surface area contributed by atoms with Gasteiger partial charge < -0.3 is 15.2 Å². The maximum absolute atomic E-state index is 5.80. The zero-order valence-corrected chi connectivity index (χ0v) is 12.0. The van der Waals surface area contributed by atoms with Crippen LogP contribution in [-0.4, -0.2) is 50.4 Å². The van der Waals surface area contributed by atoms with E-state index in [0.29, 0.717) is 19.2 Å². The molecule has 1 aromatic carbocycles. The number of nitrogens with two attached hydrogens (primary N) is 1. The minimum atomic E-state index is 0.375. The van der Waals surface area contributed by atoms with Crippen LogP contribution >= 0.6 is 0 Å². The summed E-state index contributed by atoms with van der Waals surface area (Å²) < 4.78 is 11.2. The summed E-state index contributed by atoms with van der Waals surface area (Å²) in [6.07, 6.45) is 0. The molecule has 0 amide bonds. The average Bonchev–Trinajstić information content (AvgIpc) is 2.48. The lowest BCUT2D eigenvalue weighted by atomic mass is 10.2. The van der Waals surface area contributed by atoms with Crippen LogP contribution in [0.25, 0.3) is 0 Å². The van der Waals surface area contributed by atoms with Crippen LogP contribution in [0.15, 0.2) is 24.3 Å². The number of morpholine rings is 1. The van der Waals surface area contributed by atoms with Crippen LogP contribution in [0.1, 0.15) is 12.5 Å². The van der Waals surface area contributed by atoms with Gasteiger partial charge in [-0.05, 0) is 25.1 Å². The molecule has 108 valence electrons. The van der Waals surface area contributed by atoms with Crippen LogP contribution < -0.4 is 10.5 Å². The quantitative estimate of drug-likeness (QED) is 0.835. The molecule has 1 aliphatic rings. The van der Waals surface area contributed by atoms with E-state index in [1.807, 2.05) is 24.3 Å². The Kier molecular flexibility index (Phi) is 5.87. The Balaban J connectivity index is 1.81. The zero-order valence-electron chi connectivity index (χ0n) is 12.0. The SMILES string of the molecule is CC1COCCN1CCOc1cccc(C#CCN)c1. The highest BCUT2D eigenvalue weighted by Crippen LogP contribution is 2.13. The maximum atomic E-state index is 5.80. The van der Waals surface area contributed by atoms with E-state index < -0.39 is 0 Å². The topological polar surface area (TPSA) is 47.7 Å². The minimum absolute atomic E-state index is 0.375. The second kappa shape index (κ2) is 7.91. The summed E-state index contributed by atoms with van der Waals surface area (Å²) in [6, 6.07) is 8.28. The van der Waals surface area contributed by atoms with Crippen molar-refractivity contribution in [2.24, 2.45) is 5.73 Å². The molecule has 1 atom stereocenters. The van der Waals surface area contributed by atoms with Crippen molar-refractivity contribution >= 4 is 0 Å². The second-order valence-corrected chi connectivity index (χ2v) is 4.84. The number of hydrogen-bond acceptors (Lipinski definition) is 4. The van der Waals surface area contributed by atoms with Crippen molar-refractivity contribution in [3.8, 4) is 17.6 Å². The van der Waals surface area contributed by atoms with E-state index in [1.54, 1.807) is 0 Å². The van der Waals surface area contributed by atoms with Crippen molar-refractivity contribution in [3.05, 3.63) is 29.8 Å². The molecule has 0 aromatic heterocycles. The highest BCUT2D eigenvalue weighted by atomic mass is 16.5. The first-order valence-electron chi connectivity index (χ1n) is 7.03. The van der Waals surface area contributed by atoms with E-state index in [4.69, 9.17) is 15.2 Å².